The third-order valence-corrected chi connectivity index (χ3v) is 5.65. The Labute approximate surface area is 125 Å². The van der Waals surface area contributed by atoms with Gasteiger partial charge in [0.2, 0.25) is 0 Å². The molecule has 3 rings (SSSR count). The molecule has 3 heteroatoms. The highest BCUT2D eigenvalue weighted by Crippen LogP contribution is 2.48. The first kappa shape index (κ1) is 14.2. The lowest BCUT2D eigenvalue weighted by molar-refractivity contribution is 0.0314. The maximum Gasteiger partial charge on any atom is 0.126 e. The molecule has 0 N–H and O–H groups in total. The molecule has 0 bridgehead atoms. The van der Waals surface area contributed by atoms with Crippen LogP contribution in [0, 0.1) is 11.3 Å². The highest BCUT2D eigenvalue weighted by molar-refractivity contribution is 6.20. The number of ether oxygens (including phenoxy) is 1. The standard InChI is InChI=1S/C17H22ClFO/c1-17-7-5-12-3-2-4-15(19)10-16(12)20-11-13(17)9-14(18)6-8-17/h2,4,10,13-14H,3,5-9,11H2,1H3. The van der Waals surface area contributed by atoms with Crippen LogP contribution in [0.1, 0.15) is 45.4 Å². The van der Waals surface area contributed by atoms with E-state index in [1.54, 1.807) is 6.08 Å². The number of allylic oxidation sites excluding steroid dienone is 5. The molecule has 110 valence electrons. The van der Waals surface area contributed by atoms with Crippen molar-refractivity contribution in [3.05, 3.63) is 35.4 Å². The van der Waals surface area contributed by atoms with Gasteiger partial charge in [-0.3, -0.25) is 0 Å². The van der Waals surface area contributed by atoms with E-state index in [4.69, 9.17) is 16.3 Å². The van der Waals surface area contributed by atoms with E-state index < -0.39 is 0 Å². The summed E-state index contributed by atoms with van der Waals surface area (Å²) in [4.78, 5) is 0. The van der Waals surface area contributed by atoms with E-state index in [1.165, 1.54) is 18.1 Å². The Hall–Kier alpha value is -0.760. The highest BCUT2D eigenvalue weighted by Gasteiger charge is 2.40. The van der Waals surface area contributed by atoms with Crippen LogP contribution in [0.2, 0.25) is 0 Å². The molecule has 3 unspecified atom stereocenters. The largest absolute Gasteiger partial charge is 0.493 e. The van der Waals surface area contributed by atoms with Crippen molar-refractivity contribution in [1.82, 2.24) is 0 Å². The van der Waals surface area contributed by atoms with Crippen LogP contribution in [0.4, 0.5) is 4.39 Å². The van der Waals surface area contributed by atoms with Crippen molar-refractivity contribution in [2.24, 2.45) is 11.3 Å². The molecule has 0 aromatic heterocycles. The summed E-state index contributed by atoms with van der Waals surface area (Å²) in [6.07, 6.45) is 11.3. The minimum Gasteiger partial charge on any atom is -0.493 e. The Morgan fingerprint density at radius 1 is 1.40 bits per heavy atom. The van der Waals surface area contributed by atoms with Gasteiger partial charge in [0, 0.05) is 11.5 Å². The predicted octanol–water partition coefficient (Wildman–Crippen LogP) is 5.28. The van der Waals surface area contributed by atoms with Crippen LogP contribution in [-0.2, 0) is 4.74 Å². The second-order valence-electron chi connectivity index (χ2n) is 6.64. The number of hydrogen-bond acceptors (Lipinski definition) is 1. The fourth-order valence-corrected chi connectivity index (χ4v) is 4.01. The van der Waals surface area contributed by atoms with Crippen molar-refractivity contribution in [2.45, 2.75) is 50.8 Å². The summed E-state index contributed by atoms with van der Waals surface area (Å²) >= 11 is 6.33. The van der Waals surface area contributed by atoms with Crippen LogP contribution in [0.3, 0.4) is 0 Å². The van der Waals surface area contributed by atoms with Crippen LogP contribution >= 0.6 is 11.6 Å². The molecule has 0 amide bonds. The van der Waals surface area contributed by atoms with Crippen molar-refractivity contribution in [3.8, 4) is 0 Å². The Kier molecular flexibility index (Phi) is 3.94. The minimum atomic E-state index is -0.211. The third kappa shape index (κ3) is 2.81. The summed E-state index contributed by atoms with van der Waals surface area (Å²) in [5.41, 5.74) is 1.56. The predicted molar refractivity (Wildman–Crippen MR) is 80.2 cm³/mol. The number of alkyl halides is 1. The molecule has 1 aliphatic heterocycles. The van der Waals surface area contributed by atoms with E-state index >= 15 is 0 Å². The maximum absolute atomic E-state index is 13.6. The van der Waals surface area contributed by atoms with Crippen molar-refractivity contribution in [3.63, 3.8) is 0 Å². The smallest absolute Gasteiger partial charge is 0.126 e. The first-order valence-corrected chi connectivity index (χ1v) is 8.03. The van der Waals surface area contributed by atoms with Crippen molar-refractivity contribution in [2.75, 3.05) is 6.61 Å². The molecule has 1 saturated carbocycles. The molecule has 20 heavy (non-hydrogen) atoms. The number of fused-ring (bicyclic) bond motifs is 1. The molecular formula is C17H22ClFO. The average molecular weight is 297 g/mol. The Morgan fingerprint density at radius 3 is 3.10 bits per heavy atom. The summed E-state index contributed by atoms with van der Waals surface area (Å²) in [5.74, 6) is 1.03. The van der Waals surface area contributed by atoms with Crippen molar-refractivity contribution >= 4 is 11.6 Å². The molecule has 3 atom stereocenters. The normalized spacial score (nSPS) is 37.9. The van der Waals surface area contributed by atoms with Gasteiger partial charge in [-0.25, -0.2) is 4.39 Å². The van der Waals surface area contributed by atoms with E-state index in [-0.39, 0.29) is 11.2 Å². The fourth-order valence-electron chi connectivity index (χ4n) is 3.69. The quantitative estimate of drug-likeness (QED) is 0.553. The Morgan fingerprint density at radius 2 is 2.25 bits per heavy atom. The maximum atomic E-state index is 13.6. The van der Waals surface area contributed by atoms with E-state index in [1.807, 2.05) is 6.08 Å². The van der Waals surface area contributed by atoms with E-state index in [0.717, 1.165) is 37.9 Å². The van der Waals surface area contributed by atoms with Crippen molar-refractivity contribution < 1.29 is 9.13 Å². The van der Waals surface area contributed by atoms with Gasteiger partial charge in [0.25, 0.3) is 0 Å². The zero-order chi connectivity index (χ0) is 14.2. The second-order valence-corrected chi connectivity index (χ2v) is 7.25. The SMILES string of the molecule is CC12CCC3=C(C=C(F)C=CC3)OCC1CC(Cl)CC2. The summed E-state index contributed by atoms with van der Waals surface area (Å²) in [6, 6.07) is 0. The van der Waals surface area contributed by atoms with Crippen molar-refractivity contribution in [1.29, 1.82) is 0 Å². The molecule has 2 aliphatic carbocycles. The minimum absolute atomic E-state index is 0.211. The van der Waals surface area contributed by atoms with Gasteiger partial charge in [0.05, 0.1) is 6.61 Å². The van der Waals surface area contributed by atoms with Gasteiger partial charge in [-0.2, -0.15) is 0 Å². The monoisotopic (exact) mass is 296 g/mol. The molecule has 1 nitrogen and oxygen atoms in total. The first-order valence-electron chi connectivity index (χ1n) is 7.59. The van der Waals surface area contributed by atoms with Gasteiger partial charge in [-0.1, -0.05) is 13.0 Å². The van der Waals surface area contributed by atoms with Gasteiger partial charge >= 0.3 is 0 Å². The first-order chi connectivity index (χ1) is 9.57. The third-order valence-electron chi connectivity index (χ3n) is 5.25. The fraction of sp³-hybridized carbons (Fsp3) is 0.647. The number of hydrogen-bond donors (Lipinski definition) is 0. The van der Waals surface area contributed by atoms with Gasteiger partial charge in [-0.15, -0.1) is 11.6 Å². The van der Waals surface area contributed by atoms with Gasteiger partial charge < -0.3 is 4.74 Å². The second kappa shape index (κ2) is 5.55. The topological polar surface area (TPSA) is 9.23 Å². The van der Waals surface area contributed by atoms with E-state index in [9.17, 15) is 4.39 Å². The molecule has 0 aromatic rings. The van der Waals surface area contributed by atoms with Gasteiger partial charge in [-0.05, 0) is 61.5 Å². The Bertz CT molecular complexity index is 479. The molecule has 0 radical (unpaired) electrons. The van der Waals surface area contributed by atoms with E-state index in [0.29, 0.717) is 17.9 Å². The van der Waals surface area contributed by atoms with E-state index in [2.05, 4.69) is 6.92 Å². The molecule has 3 aliphatic rings. The number of rotatable bonds is 0. The molecule has 1 fully saturated rings. The summed E-state index contributed by atoms with van der Waals surface area (Å²) < 4.78 is 19.5. The van der Waals surface area contributed by atoms with Gasteiger partial charge in [0.15, 0.2) is 0 Å². The summed E-state index contributed by atoms with van der Waals surface area (Å²) in [7, 11) is 0. The highest BCUT2D eigenvalue weighted by atomic mass is 35.5. The Balaban J connectivity index is 1.84. The average Bonchev–Trinajstić information content (AvgIpc) is 2.58. The van der Waals surface area contributed by atoms with Crippen LogP contribution in [0.5, 0.6) is 0 Å². The van der Waals surface area contributed by atoms with Crippen LogP contribution in [0.25, 0.3) is 0 Å². The number of halogens is 2. The summed E-state index contributed by atoms with van der Waals surface area (Å²) in [5, 5.41) is 0.271. The lowest BCUT2D eigenvalue weighted by Crippen LogP contribution is -2.38. The zero-order valence-corrected chi connectivity index (χ0v) is 12.8. The molecule has 0 aromatic carbocycles. The van der Waals surface area contributed by atoms with Gasteiger partial charge in [0.1, 0.15) is 11.6 Å². The summed E-state index contributed by atoms with van der Waals surface area (Å²) in [6.45, 7) is 3.04. The zero-order valence-electron chi connectivity index (χ0n) is 12.0. The lowest BCUT2D eigenvalue weighted by Gasteiger charge is -2.44. The van der Waals surface area contributed by atoms with Crippen LogP contribution in [0.15, 0.2) is 35.4 Å². The molecule has 1 heterocycles. The molecule has 0 saturated heterocycles. The molecule has 0 spiro atoms. The molecular weight excluding hydrogens is 275 g/mol. The van der Waals surface area contributed by atoms with Crippen LogP contribution in [-0.4, -0.2) is 12.0 Å². The lowest BCUT2D eigenvalue weighted by atomic mass is 9.64. The van der Waals surface area contributed by atoms with Crippen LogP contribution < -0.4 is 0 Å².